The van der Waals surface area contributed by atoms with Gasteiger partial charge in [0.1, 0.15) is 0 Å². The Bertz CT molecular complexity index is 504. The van der Waals surface area contributed by atoms with Gasteiger partial charge in [-0.15, -0.1) is 0 Å². The minimum Gasteiger partial charge on any atom is -0.472 e. The van der Waals surface area contributed by atoms with E-state index in [-0.39, 0.29) is 5.91 Å². The lowest BCUT2D eigenvalue weighted by Gasteiger charge is -2.00. The second-order valence-corrected chi connectivity index (χ2v) is 3.84. The average Bonchev–Trinajstić information content (AvgIpc) is 2.91. The van der Waals surface area contributed by atoms with Crippen LogP contribution in [0.5, 0.6) is 0 Å². The summed E-state index contributed by atoms with van der Waals surface area (Å²) < 4.78 is 4.87. The van der Waals surface area contributed by atoms with E-state index < -0.39 is 0 Å². The highest BCUT2D eigenvalue weighted by Crippen LogP contribution is 2.02. The van der Waals surface area contributed by atoms with Crippen LogP contribution < -0.4 is 5.43 Å². The molecule has 0 atom stereocenters. The minimum absolute atomic E-state index is 0.0985. The maximum absolute atomic E-state index is 11.5. The predicted molar refractivity (Wildman–Crippen MR) is 69.2 cm³/mol. The number of hydrogen-bond acceptors (Lipinski definition) is 3. The molecular weight excluding hydrogens is 228 g/mol. The van der Waals surface area contributed by atoms with Gasteiger partial charge in [0.25, 0.3) is 0 Å². The lowest BCUT2D eigenvalue weighted by Crippen LogP contribution is -2.17. The summed E-state index contributed by atoms with van der Waals surface area (Å²) in [7, 11) is 0. The second-order valence-electron chi connectivity index (χ2n) is 3.84. The van der Waals surface area contributed by atoms with Crippen LogP contribution in [0.4, 0.5) is 0 Å². The zero-order chi connectivity index (χ0) is 12.6. The smallest absolute Gasteiger partial charge is 0.240 e. The van der Waals surface area contributed by atoms with E-state index in [2.05, 4.69) is 10.5 Å². The molecule has 1 amide bonds. The number of nitrogens with one attached hydrogen (secondary N) is 1. The van der Waals surface area contributed by atoms with E-state index in [1.807, 2.05) is 30.3 Å². The number of rotatable bonds is 5. The first-order valence-corrected chi connectivity index (χ1v) is 5.72. The van der Waals surface area contributed by atoms with Crippen molar-refractivity contribution in [1.82, 2.24) is 5.43 Å². The summed E-state index contributed by atoms with van der Waals surface area (Å²) in [6, 6.07) is 11.6. The lowest BCUT2D eigenvalue weighted by atomic mass is 10.1. The fraction of sp³-hybridized carbons (Fsp3) is 0.143. The Labute approximate surface area is 105 Å². The Balaban J connectivity index is 1.73. The lowest BCUT2D eigenvalue weighted by molar-refractivity contribution is -0.121. The highest BCUT2D eigenvalue weighted by molar-refractivity contribution is 5.81. The number of hydrazone groups is 1. The van der Waals surface area contributed by atoms with Gasteiger partial charge < -0.3 is 4.42 Å². The second kappa shape index (κ2) is 6.39. The molecule has 2 aromatic rings. The molecule has 4 heteroatoms. The van der Waals surface area contributed by atoms with Crippen LogP contribution in [0.1, 0.15) is 17.5 Å². The van der Waals surface area contributed by atoms with Crippen LogP contribution in [0, 0.1) is 0 Å². The van der Waals surface area contributed by atoms with E-state index in [1.165, 1.54) is 0 Å². The minimum atomic E-state index is -0.0985. The number of carbonyl (C=O) groups is 1. The Hall–Kier alpha value is -2.36. The number of furan rings is 1. The highest BCUT2D eigenvalue weighted by Gasteiger charge is 2.00. The van der Waals surface area contributed by atoms with Crippen molar-refractivity contribution in [3.05, 3.63) is 60.1 Å². The summed E-state index contributed by atoms with van der Waals surface area (Å²) in [4.78, 5) is 11.5. The molecule has 92 valence electrons. The van der Waals surface area contributed by atoms with Crippen LogP contribution >= 0.6 is 0 Å². The van der Waals surface area contributed by atoms with Gasteiger partial charge in [0, 0.05) is 12.0 Å². The molecule has 1 heterocycles. The van der Waals surface area contributed by atoms with E-state index >= 15 is 0 Å². The van der Waals surface area contributed by atoms with Crippen molar-refractivity contribution in [1.29, 1.82) is 0 Å². The van der Waals surface area contributed by atoms with Crippen LogP contribution in [0.3, 0.4) is 0 Å². The zero-order valence-electron chi connectivity index (χ0n) is 9.87. The van der Waals surface area contributed by atoms with Gasteiger partial charge >= 0.3 is 0 Å². The summed E-state index contributed by atoms with van der Waals surface area (Å²) >= 11 is 0. The summed E-state index contributed by atoms with van der Waals surface area (Å²) in [5.74, 6) is -0.0985. The fourth-order valence-electron chi connectivity index (χ4n) is 1.49. The Kier molecular flexibility index (Phi) is 4.30. The standard InChI is InChI=1S/C14H14N2O2/c17-14(7-6-12-4-2-1-3-5-12)16-15-10-13-8-9-18-11-13/h1-5,8-11H,6-7H2,(H,16,17)/b15-10+. The summed E-state index contributed by atoms with van der Waals surface area (Å²) in [6.07, 6.45) is 5.79. The van der Waals surface area contributed by atoms with Crippen LogP contribution in [0.25, 0.3) is 0 Å². The van der Waals surface area contributed by atoms with Gasteiger partial charge in [0.2, 0.25) is 5.91 Å². The van der Waals surface area contributed by atoms with Gasteiger partial charge in [-0.1, -0.05) is 30.3 Å². The molecule has 1 aromatic carbocycles. The third-order valence-electron chi connectivity index (χ3n) is 2.43. The maximum Gasteiger partial charge on any atom is 0.240 e. The van der Waals surface area contributed by atoms with Gasteiger partial charge in [-0.3, -0.25) is 4.79 Å². The first-order chi connectivity index (χ1) is 8.84. The van der Waals surface area contributed by atoms with E-state index in [9.17, 15) is 4.79 Å². The maximum atomic E-state index is 11.5. The number of carbonyl (C=O) groups excluding carboxylic acids is 1. The molecule has 1 N–H and O–H groups in total. The van der Waals surface area contributed by atoms with Crippen molar-refractivity contribution in [3.63, 3.8) is 0 Å². The molecule has 2 rings (SSSR count). The van der Waals surface area contributed by atoms with Gasteiger partial charge in [-0.2, -0.15) is 5.10 Å². The molecule has 0 aliphatic rings. The molecule has 0 saturated carbocycles. The van der Waals surface area contributed by atoms with Crippen molar-refractivity contribution in [2.45, 2.75) is 12.8 Å². The third kappa shape index (κ3) is 3.90. The monoisotopic (exact) mass is 242 g/mol. The molecule has 0 saturated heterocycles. The Morgan fingerprint density at radius 3 is 2.83 bits per heavy atom. The average molecular weight is 242 g/mol. The molecular formula is C14H14N2O2. The molecule has 0 unspecified atom stereocenters. The van der Waals surface area contributed by atoms with Gasteiger partial charge in [0.15, 0.2) is 0 Å². The molecule has 0 spiro atoms. The van der Waals surface area contributed by atoms with Crippen LogP contribution in [0.2, 0.25) is 0 Å². The summed E-state index contributed by atoms with van der Waals surface area (Å²) in [6.45, 7) is 0. The molecule has 18 heavy (non-hydrogen) atoms. The largest absolute Gasteiger partial charge is 0.472 e. The van der Waals surface area contributed by atoms with Crippen molar-refractivity contribution in [2.75, 3.05) is 0 Å². The summed E-state index contributed by atoms with van der Waals surface area (Å²) in [5.41, 5.74) is 4.44. The van der Waals surface area contributed by atoms with Crippen molar-refractivity contribution < 1.29 is 9.21 Å². The number of nitrogens with zero attached hydrogens (tertiary/aromatic N) is 1. The quantitative estimate of drug-likeness (QED) is 0.646. The highest BCUT2D eigenvalue weighted by atomic mass is 16.3. The fourth-order valence-corrected chi connectivity index (χ4v) is 1.49. The normalized spacial score (nSPS) is 10.7. The number of hydrogen-bond donors (Lipinski definition) is 1. The van der Waals surface area contributed by atoms with E-state index in [4.69, 9.17) is 4.42 Å². The predicted octanol–water partition coefficient (Wildman–Crippen LogP) is 2.36. The van der Waals surface area contributed by atoms with E-state index in [0.717, 1.165) is 11.1 Å². The SMILES string of the molecule is O=C(CCc1ccccc1)N/N=C/c1ccoc1. The number of aryl methyl sites for hydroxylation is 1. The van der Waals surface area contributed by atoms with Gasteiger partial charge in [-0.05, 0) is 18.1 Å². The molecule has 4 nitrogen and oxygen atoms in total. The molecule has 1 aromatic heterocycles. The first-order valence-electron chi connectivity index (χ1n) is 5.72. The molecule has 0 aliphatic carbocycles. The van der Waals surface area contributed by atoms with Gasteiger partial charge in [0.05, 0.1) is 18.7 Å². The van der Waals surface area contributed by atoms with Crippen molar-refractivity contribution >= 4 is 12.1 Å². The third-order valence-corrected chi connectivity index (χ3v) is 2.43. The van der Waals surface area contributed by atoms with Crippen LogP contribution in [-0.2, 0) is 11.2 Å². The van der Waals surface area contributed by atoms with Crippen LogP contribution in [-0.4, -0.2) is 12.1 Å². The molecule has 0 bridgehead atoms. The van der Waals surface area contributed by atoms with Gasteiger partial charge in [-0.25, -0.2) is 5.43 Å². The Morgan fingerprint density at radius 2 is 2.11 bits per heavy atom. The number of benzene rings is 1. The topological polar surface area (TPSA) is 54.6 Å². The molecule has 0 aliphatic heterocycles. The Morgan fingerprint density at radius 1 is 1.28 bits per heavy atom. The zero-order valence-corrected chi connectivity index (χ0v) is 9.87. The summed E-state index contributed by atoms with van der Waals surface area (Å²) in [5, 5.41) is 3.84. The first kappa shape index (κ1) is 12.1. The molecule has 0 radical (unpaired) electrons. The van der Waals surface area contributed by atoms with E-state index in [1.54, 1.807) is 24.8 Å². The molecule has 0 fully saturated rings. The van der Waals surface area contributed by atoms with Crippen LogP contribution in [0.15, 0.2) is 58.4 Å². The van der Waals surface area contributed by atoms with E-state index in [0.29, 0.717) is 12.8 Å². The van der Waals surface area contributed by atoms with Crippen molar-refractivity contribution in [3.8, 4) is 0 Å². The van der Waals surface area contributed by atoms with Crippen molar-refractivity contribution in [2.24, 2.45) is 5.10 Å². The number of amides is 1.